The summed E-state index contributed by atoms with van der Waals surface area (Å²) in [5, 5.41) is 0. The molecule has 0 spiro atoms. The maximum absolute atomic E-state index is 12.2. The summed E-state index contributed by atoms with van der Waals surface area (Å²) in [6, 6.07) is 0. The van der Waals surface area contributed by atoms with E-state index in [0.717, 1.165) is 51.0 Å². The van der Waals surface area contributed by atoms with Crippen molar-refractivity contribution in [3.8, 4) is 0 Å². The first-order chi connectivity index (χ1) is 17.8. The third kappa shape index (κ3) is 27.5. The van der Waals surface area contributed by atoms with Crippen LogP contribution >= 0.6 is 0 Å². The van der Waals surface area contributed by atoms with Crippen LogP contribution in [0.25, 0.3) is 0 Å². The van der Waals surface area contributed by atoms with Crippen LogP contribution in [0, 0.1) is 5.92 Å². The zero-order chi connectivity index (χ0) is 27.6. The van der Waals surface area contributed by atoms with E-state index < -0.39 is 6.16 Å². The Labute approximate surface area is 229 Å². The van der Waals surface area contributed by atoms with E-state index in [1.807, 2.05) is 14.1 Å². The monoisotopic (exact) mass is 527 g/mol. The highest BCUT2D eigenvalue weighted by Crippen LogP contribution is 2.16. The number of unbranched alkanes of at least 4 members (excludes halogenated alkanes) is 12. The summed E-state index contributed by atoms with van der Waals surface area (Å²) in [6.45, 7) is 8.26. The molecule has 37 heavy (non-hydrogen) atoms. The number of ether oxygens (including phenoxy) is 3. The SMILES string of the molecule is CCCCCCCCCCCCC(CCOC(=O)CCCCCCC(C)C)OC(=O)OCCCN(C)C. The number of hydrogen-bond acceptors (Lipinski definition) is 6. The highest BCUT2D eigenvalue weighted by molar-refractivity contribution is 5.69. The van der Waals surface area contributed by atoms with Gasteiger partial charge in [-0.05, 0) is 45.7 Å². The van der Waals surface area contributed by atoms with Crippen LogP contribution in [-0.4, -0.2) is 57.0 Å². The molecule has 0 amide bonds. The number of rotatable bonds is 26. The second kappa shape index (κ2) is 26.3. The van der Waals surface area contributed by atoms with Gasteiger partial charge in [-0.25, -0.2) is 4.79 Å². The Morgan fingerprint density at radius 2 is 1.22 bits per heavy atom. The molecule has 6 nitrogen and oxygen atoms in total. The van der Waals surface area contributed by atoms with Gasteiger partial charge in [0.05, 0.1) is 13.2 Å². The molecule has 0 bridgehead atoms. The summed E-state index contributed by atoms with van der Waals surface area (Å²) in [5.74, 6) is 0.601. The van der Waals surface area contributed by atoms with Gasteiger partial charge in [0.15, 0.2) is 0 Å². The van der Waals surface area contributed by atoms with E-state index in [1.165, 1.54) is 70.6 Å². The zero-order valence-corrected chi connectivity index (χ0v) is 25.2. The van der Waals surface area contributed by atoms with Crippen molar-refractivity contribution in [1.82, 2.24) is 4.90 Å². The molecular weight excluding hydrogens is 466 g/mol. The van der Waals surface area contributed by atoms with Crippen LogP contribution in [0.15, 0.2) is 0 Å². The summed E-state index contributed by atoms with van der Waals surface area (Å²) < 4.78 is 16.3. The Hall–Kier alpha value is -1.30. The lowest BCUT2D eigenvalue weighted by atomic mass is 10.0. The average molecular weight is 528 g/mol. The van der Waals surface area contributed by atoms with E-state index in [1.54, 1.807) is 0 Å². The van der Waals surface area contributed by atoms with Crippen LogP contribution in [0.2, 0.25) is 0 Å². The smallest absolute Gasteiger partial charge is 0.466 e. The molecule has 0 aromatic heterocycles. The topological polar surface area (TPSA) is 65.1 Å². The highest BCUT2D eigenvalue weighted by Gasteiger charge is 2.16. The van der Waals surface area contributed by atoms with E-state index in [9.17, 15) is 9.59 Å². The number of carbonyl (C=O) groups excluding carboxylic acids is 2. The summed E-state index contributed by atoms with van der Waals surface area (Å²) in [4.78, 5) is 26.3. The largest absolute Gasteiger partial charge is 0.508 e. The van der Waals surface area contributed by atoms with Gasteiger partial charge in [0.1, 0.15) is 6.10 Å². The third-order valence-corrected chi connectivity index (χ3v) is 6.73. The van der Waals surface area contributed by atoms with E-state index >= 15 is 0 Å². The average Bonchev–Trinajstić information content (AvgIpc) is 2.84. The minimum atomic E-state index is -0.608. The Balaban J connectivity index is 4.18. The van der Waals surface area contributed by atoms with Crippen LogP contribution in [0.5, 0.6) is 0 Å². The molecule has 0 aliphatic carbocycles. The molecule has 0 fully saturated rings. The molecular formula is C31H61NO5. The Morgan fingerprint density at radius 1 is 0.649 bits per heavy atom. The van der Waals surface area contributed by atoms with Crippen LogP contribution in [0.1, 0.15) is 143 Å². The van der Waals surface area contributed by atoms with Gasteiger partial charge in [0.25, 0.3) is 0 Å². The van der Waals surface area contributed by atoms with E-state index in [2.05, 4.69) is 25.7 Å². The van der Waals surface area contributed by atoms with Gasteiger partial charge in [0.2, 0.25) is 0 Å². The second-order valence-electron chi connectivity index (χ2n) is 11.3. The lowest BCUT2D eigenvalue weighted by Gasteiger charge is -2.18. The standard InChI is InChI=1S/C31H61NO5/c1-6-7-8-9-10-11-12-13-14-18-22-29(37-31(34)36-26-20-25-32(4)5)24-27-35-30(33)23-19-16-15-17-21-28(2)3/h28-29H,6-27H2,1-5H3. The van der Waals surface area contributed by atoms with Crippen molar-refractivity contribution >= 4 is 12.1 Å². The maximum Gasteiger partial charge on any atom is 0.508 e. The maximum atomic E-state index is 12.2. The third-order valence-electron chi connectivity index (χ3n) is 6.73. The highest BCUT2D eigenvalue weighted by atomic mass is 16.7. The Bertz CT molecular complexity index is 524. The van der Waals surface area contributed by atoms with E-state index in [-0.39, 0.29) is 12.1 Å². The molecule has 0 heterocycles. The van der Waals surface area contributed by atoms with Crippen LogP contribution in [-0.2, 0) is 19.0 Å². The van der Waals surface area contributed by atoms with Crippen molar-refractivity contribution in [3.63, 3.8) is 0 Å². The first kappa shape index (κ1) is 35.7. The fourth-order valence-corrected chi connectivity index (χ4v) is 4.38. The molecule has 0 aliphatic rings. The van der Waals surface area contributed by atoms with Gasteiger partial charge < -0.3 is 19.1 Å². The molecule has 0 N–H and O–H groups in total. The van der Waals surface area contributed by atoms with Crippen molar-refractivity contribution in [2.45, 2.75) is 149 Å². The first-order valence-electron chi connectivity index (χ1n) is 15.5. The molecule has 0 aliphatic heterocycles. The van der Waals surface area contributed by atoms with Crippen LogP contribution in [0.3, 0.4) is 0 Å². The minimum absolute atomic E-state index is 0.146. The number of esters is 1. The van der Waals surface area contributed by atoms with Gasteiger partial charge in [-0.2, -0.15) is 0 Å². The van der Waals surface area contributed by atoms with Crippen LogP contribution < -0.4 is 0 Å². The summed E-state index contributed by atoms with van der Waals surface area (Å²) in [6.07, 6.45) is 20.0. The number of carbonyl (C=O) groups is 2. The van der Waals surface area contributed by atoms with Gasteiger partial charge in [0, 0.05) is 19.4 Å². The number of hydrogen-bond donors (Lipinski definition) is 0. The van der Waals surface area contributed by atoms with Gasteiger partial charge >= 0.3 is 12.1 Å². The number of nitrogens with zero attached hydrogens (tertiary/aromatic N) is 1. The molecule has 0 saturated heterocycles. The fraction of sp³-hybridized carbons (Fsp3) is 0.935. The summed E-state index contributed by atoms with van der Waals surface area (Å²) >= 11 is 0. The molecule has 0 rings (SSSR count). The fourth-order valence-electron chi connectivity index (χ4n) is 4.38. The minimum Gasteiger partial charge on any atom is -0.466 e. The summed E-state index contributed by atoms with van der Waals surface area (Å²) in [7, 11) is 3.99. The Kier molecular flexibility index (Phi) is 25.4. The van der Waals surface area contributed by atoms with E-state index in [0.29, 0.717) is 26.1 Å². The van der Waals surface area contributed by atoms with Gasteiger partial charge in [-0.3, -0.25) is 4.79 Å². The molecule has 0 aromatic carbocycles. The van der Waals surface area contributed by atoms with Crippen molar-refractivity contribution in [2.75, 3.05) is 33.9 Å². The molecule has 1 atom stereocenters. The molecule has 6 heteroatoms. The first-order valence-corrected chi connectivity index (χ1v) is 15.5. The quantitative estimate of drug-likeness (QED) is 0.0828. The van der Waals surface area contributed by atoms with Crippen LogP contribution in [0.4, 0.5) is 4.79 Å². The van der Waals surface area contributed by atoms with Crippen molar-refractivity contribution < 1.29 is 23.8 Å². The Morgan fingerprint density at radius 3 is 1.81 bits per heavy atom. The van der Waals surface area contributed by atoms with Gasteiger partial charge in [-0.15, -0.1) is 0 Å². The lowest BCUT2D eigenvalue weighted by Crippen LogP contribution is -2.23. The molecule has 0 saturated carbocycles. The lowest BCUT2D eigenvalue weighted by molar-refractivity contribution is -0.144. The predicted octanol–water partition coefficient (Wildman–Crippen LogP) is 8.70. The van der Waals surface area contributed by atoms with E-state index in [4.69, 9.17) is 14.2 Å². The summed E-state index contributed by atoms with van der Waals surface area (Å²) in [5.41, 5.74) is 0. The van der Waals surface area contributed by atoms with Crippen molar-refractivity contribution in [3.05, 3.63) is 0 Å². The van der Waals surface area contributed by atoms with Gasteiger partial charge in [-0.1, -0.05) is 104 Å². The van der Waals surface area contributed by atoms with Crippen molar-refractivity contribution in [2.24, 2.45) is 5.92 Å². The molecule has 0 radical (unpaired) electrons. The molecule has 1 unspecified atom stereocenters. The van der Waals surface area contributed by atoms with Crippen molar-refractivity contribution in [1.29, 1.82) is 0 Å². The second-order valence-corrected chi connectivity index (χ2v) is 11.3. The molecule has 0 aromatic rings. The zero-order valence-electron chi connectivity index (χ0n) is 25.2. The molecule has 220 valence electrons. The normalized spacial score (nSPS) is 12.2. The predicted molar refractivity (Wildman–Crippen MR) is 154 cm³/mol.